The molecule has 3 rings (SSSR count). The van der Waals surface area contributed by atoms with Gasteiger partial charge in [0.05, 0.1) is 5.41 Å². The predicted molar refractivity (Wildman–Crippen MR) is 65.7 cm³/mol. The number of carboxylic acid groups (broad SMARTS) is 1. The van der Waals surface area contributed by atoms with Crippen LogP contribution in [0.1, 0.15) is 31.2 Å². The van der Waals surface area contributed by atoms with Crippen molar-refractivity contribution in [3.63, 3.8) is 0 Å². The summed E-state index contributed by atoms with van der Waals surface area (Å²) in [5.74, 6) is 0.499. The van der Waals surface area contributed by atoms with Crippen molar-refractivity contribution in [1.29, 1.82) is 0 Å². The highest BCUT2D eigenvalue weighted by Gasteiger charge is 2.55. The van der Waals surface area contributed by atoms with Crippen LogP contribution in [0.15, 0.2) is 30.3 Å². The van der Waals surface area contributed by atoms with Gasteiger partial charge >= 0.3 is 5.97 Å². The summed E-state index contributed by atoms with van der Waals surface area (Å²) < 4.78 is 0. The van der Waals surface area contributed by atoms with Crippen molar-refractivity contribution in [2.24, 2.45) is 17.3 Å². The first-order valence-corrected chi connectivity index (χ1v) is 6.48. The summed E-state index contributed by atoms with van der Waals surface area (Å²) in [4.78, 5) is 11.7. The van der Waals surface area contributed by atoms with E-state index in [9.17, 15) is 9.90 Å². The average molecular weight is 230 g/mol. The average Bonchev–Trinajstić information content (AvgIpc) is 2.91. The van der Waals surface area contributed by atoms with Gasteiger partial charge in [-0.3, -0.25) is 4.79 Å². The molecule has 0 aliphatic heterocycles. The molecule has 2 fully saturated rings. The zero-order valence-corrected chi connectivity index (χ0v) is 9.93. The lowest BCUT2D eigenvalue weighted by atomic mass is 9.69. The Morgan fingerprint density at radius 3 is 2.59 bits per heavy atom. The van der Waals surface area contributed by atoms with Crippen molar-refractivity contribution in [1.82, 2.24) is 0 Å². The Bertz CT molecular complexity index is 426. The fraction of sp³-hybridized carbons (Fsp3) is 0.533. The molecular formula is C15H18O2. The molecule has 0 radical (unpaired) electrons. The molecule has 90 valence electrons. The van der Waals surface area contributed by atoms with Crippen LogP contribution in [0.2, 0.25) is 0 Å². The molecule has 2 nitrogen and oxygen atoms in total. The number of rotatable bonds is 3. The lowest BCUT2D eigenvalue weighted by molar-refractivity contribution is -0.152. The maximum atomic E-state index is 11.7. The summed E-state index contributed by atoms with van der Waals surface area (Å²) in [6, 6.07) is 10.1. The third-order valence-corrected chi connectivity index (χ3v) is 4.76. The Morgan fingerprint density at radius 2 is 2.06 bits per heavy atom. The maximum Gasteiger partial charge on any atom is 0.310 e. The van der Waals surface area contributed by atoms with Crippen molar-refractivity contribution in [3.8, 4) is 0 Å². The van der Waals surface area contributed by atoms with Crippen LogP contribution in [0.5, 0.6) is 0 Å². The molecule has 3 atom stereocenters. The van der Waals surface area contributed by atoms with Crippen LogP contribution in [0, 0.1) is 17.3 Å². The fourth-order valence-corrected chi connectivity index (χ4v) is 3.96. The SMILES string of the molecule is O=C(O)[C@@]1(Cc2ccccc2)C[C@H]2CC[C@@H]1C2. The van der Waals surface area contributed by atoms with Crippen LogP contribution in [-0.4, -0.2) is 11.1 Å². The van der Waals surface area contributed by atoms with Gasteiger partial charge < -0.3 is 5.11 Å². The Hall–Kier alpha value is -1.31. The van der Waals surface area contributed by atoms with Gasteiger partial charge in [-0.1, -0.05) is 36.8 Å². The molecule has 1 aromatic rings. The predicted octanol–water partition coefficient (Wildman–Crippen LogP) is 3.12. The number of fused-ring (bicyclic) bond motifs is 2. The number of hydrogen-bond acceptors (Lipinski definition) is 1. The van der Waals surface area contributed by atoms with Gasteiger partial charge in [-0.15, -0.1) is 0 Å². The molecule has 2 aliphatic rings. The standard InChI is InChI=1S/C15H18O2/c16-14(17)15(9-11-4-2-1-3-5-11)10-12-6-7-13(15)8-12/h1-5,12-13H,6-10H2,(H,16,17)/t12-,13+,15-/m0/s1. The quantitative estimate of drug-likeness (QED) is 0.866. The minimum Gasteiger partial charge on any atom is -0.481 e. The number of carbonyl (C=O) groups is 1. The summed E-state index contributed by atoms with van der Waals surface area (Å²) in [5, 5.41) is 9.65. The van der Waals surface area contributed by atoms with E-state index in [1.807, 2.05) is 18.2 Å². The highest BCUT2D eigenvalue weighted by molar-refractivity contribution is 5.76. The lowest BCUT2D eigenvalue weighted by Gasteiger charge is -2.33. The van der Waals surface area contributed by atoms with Crippen LogP contribution in [0.25, 0.3) is 0 Å². The van der Waals surface area contributed by atoms with Crippen LogP contribution < -0.4 is 0 Å². The van der Waals surface area contributed by atoms with E-state index in [4.69, 9.17) is 0 Å². The van der Waals surface area contributed by atoms with E-state index in [2.05, 4.69) is 12.1 Å². The molecule has 2 bridgehead atoms. The summed E-state index contributed by atoms with van der Waals surface area (Å²) in [6.07, 6.45) is 5.10. The first-order chi connectivity index (χ1) is 8.21. The van der Waals surface area contributed by atoms with Crippen molar-refractivity contribution < 1.29 is 9.90 Å². The normalized spacial score (nSPS) is 35.1. The van der Waals surface area contributed by atoms with Crippen LogP contribution in [0.4, 0.5) is 0 Å². The van der Waals surface area contributed by atoms with E-state index in [-0.39, 0.29) is 0 Å². The van der Waals surface area contributed by atoms with E-state index in [0.29, 0.717) is 18.3 Å². The molecule has 2 heteroatoms. The Kier molecular flexibility index (Phi) is 2.46. The molecule has 0 aromatic heterocycles. The number of hydrogen-bond donors (Lipinski definition) is 1. The topological polar surface area (TPSA) is 37.3 Å². The van der Waals surface area contributed by atoms with Gasteiger partial charge in [0.15, 0.2) is 0 Å². The van der Waals surface area contributed by atoms with Gasteiger partial charge in [-0.25, -0.2) is 0 Å². The smallest absolute Gasteiger partial charge is 0.310 e. The summed E-state index contributed by atoms with van der Waals surface area (Å²) in [7, 11) is 0. The van der Waals surface area contributed by atoms with Gasteiger partial charge in [-0.2, -0.15) is 0 Å². The Balaban J connectivity index is 1.89. The van der Waals surface area contributed by atoms with E-state index in [0.717, 1.165) is 19.3 Å². The van der Waals surface area contributed by atoms with Crippen LogP contribution in [-0.2, 0) is 11.2 Å². The molecule has 1 aromatic carbocycles. The third-order valence-electron chi connectivity index (χ3n) is 4.76. The molecule has 0 amide bonds. The fourth-order valence-electron chi connectivity index (χ4n) is 3.96. The second kappa shape index (κ2) is 3.86. The monoisotopic (exact) mass is 230 g/mol. The van der Waals surface area contributed by atoms with E-state index >= 15 is 0 Å². The second-order valence-electron chi connectivity index (χ2n) is 5.70. The first kappa shape index (κ1) is 10.8. The molecule has 2 saturated carbocycles. The summed E-state index contributed by atoms with van der Waals surface area (Å²) in [5.41, 5.74) is 0.701. The largest absolute Gasteiger partial charge is 0.481 e. The number of aliphatic carboxylic acids is 1. The molecule has 17 heavy (non-hydrogen) atoms. The van der Waals surface area contributed by atoms with Gasteiger partial charge in [0.2, 0.25) is 0 Å². The highest BCUT2D eigenvalue weighted by atomic mass is 16.4. The van der Waals surface area contributed by atoms with Crippen molar-refractivity contribution in [2.75, 3.05) is 0 Å². The summed E-state index contributed by atoms with van der Waals surface area (Å²) >= 11 is 0. The molecular weight excluding hydrogens is 212 g/mol. The molecule has 1 N–H and O–H groups in total. The second-order valence-corrected chi connectivity index (χ2v) is 5.70. The molecule has 0 spiro atoms. The molecule has 0 unspecified atom stereocenters. The Labute approximate surface area is 102 Å². The van der Waals surface area contributed by atoms with Crippen molar-refractivity contribution in [3.05, 3.63) is 35.9 Å². The van der Waals surface area contributed by atoms with Crippen LogP contribution >= 0.6 is 0 Å². The van der Waals surface area contributed by atoms with Gasteiger partial charge in [0.1, 0.15) is 0 Å². The Morgan fingerprint density at radius 1 is 1.29 bits per heavy atom. The summed E-state index contributed by atoms with van der Waals surface area (Å²) in [6.45, 7) is 0. The highest BCUT2D eigenvalue weighted by Crippen LogP contribution is 2.57. The van der Waals surface area contributed by atoms with Gasteiger partial charge in [-0.05, 0) is 43.1 Å². The molecule has 0 heterocycles. The lowest BCUT2D eigenvalue weighted by Crippen LogP contribution is -2.38. The molecule has 2 aliphatic carbocycles. The van der Waals surface area contributed by atoms with E-state index in [1.165, 1.54) is 12.0 Å². The zero-order valence-electron chi connectivity index (χ0n) is 9.93. The maximum absolute atomic E-state index is 11.7. The number of benzene rings is 1. The molecule has 0 saturated heterocycles. The van der Waals surface area contributed by atoms with Crippen molar-refractivity contribution >= 4 is 5.97 Å². The van der Waals surface area contributed by atoms with Crippen LogP contribution in [0.3, 0.4) is 0 Å². The van der Waals surface area contributed by atoms with E-state index < -0.39 is 11.4 Å². The minimum atomic E-state index is -0.575. The third kappa shape index (κ3) is 1.67. The zero-order chi connectivity index (χ0) is 11.9. The number of carboxylic acids is 1. The van der Waals surface area contributed by atoms with E-state index in [1.54, 1.807) is 0 Å². The van der Waals surface area contributed by atoms with Gasteiger partial charge in [0, 0.05) is 0 Å². The minimum absolute atomic E-state index is 0.408. The van der Waals surface area contributed by atoms with Crippen molar-refractivity contribution in [2.45, 2.75) is 32.1 Å². The first-order valence-electron chi connectivity index (χ1n) is 6.48. The van der Waals surface area contributed by atoms with Gasteiger partial charge in [0.25, 0.3) is 0 Å².